The second kappa shape index (κ2) is 5.92. The monoisotopic (exact) mass is 285 g/mol. The highest BCUT2D eigenvalue weighted by Gasteiger charge is 2.13. The molecule has 2 aromatic carbocycles. The number of nitrogens with zero attached hydrogens (tertiary/aromatic N) is 1. The van der Waals surface area contributed by atoms with Gasteiger partial charge in [0, 0.05) is 11.8 Å². The van der Waals surface area contributed by atoms with Gasteiger partial charge in [0.1, 0.15) is 11.6 Å². The molecule has 2 rings (SSSR count). The molecule has 0 fully saturated rings. The lowest BCUT2D eigenvalue weighted by Crippen LogP contribution is -2.15. The van der Waals surface area contributed by atoms with Crippen molar-refractivity contribution >= 4 is 17.3 Å². The van der Waals surface area contributed by atoms with Crippen LogP contribution in [0, 0.1) is 17.1 Å². The summed E-state index contributed by atoms with van der Waals surface area (Å²) in [6.45, 7) is 0. The van der Waals surface area contributed by atoms with Gasteiger partial charge in [-0.05, 0) is 30.3 Å². The van der Waals surface area contributed by atoms with Crippen LogP contribution in [0.4, 0.5) is 15.8 Å². The fourth-order valence-electron chi connectivity index (χ4n) is 1.75. The first-order valence-corrected chi connectivity index (χ1v) is 5.99. The molecule has 2 aromatic rings. The predicted molar refractivity (Wildman–Crippen MR) is 76.5 cm³/mol. The Bertz CT molecular complexity index is 738. The summed E-state index contributed by atoms with van der Waals surface area (Å²) in [6.07, 6.45) is 0. The molecule has 0 saturated carbocycles. The van der Waals surface area contributed by atoms with Crippen LogP contribution in [-0.2, 0) is 0 Å². The van der Waals surface area contributed by atoms with E-state index in [0.29, 0.717) is 5.75 Å². The lowest BCUT2D eigenvalue weighted by atomic mass is 10.1. The molecular formula is C15H12FN3O2. The first-order valence-electron chi connectivity index (χ1n) is 5.99. The predicted octanol–water partition coefficient (Wildman–Crippen LogP) is 2.54. The summed E-state index contributed by atoms with van der Waals surface area (Å²) in [7, 11) is 1.49. The Labute approximate surface area is 120 Å². The Kier molecular flexibility index (Phi) is 4.05. The number of hydrogen-bond donors (Lipinski definition) is 2. The molecule has 5 nitrogen and oxygen atoms in total. The Hall–Kier alpha value is -3.07. The van der Waals surface area contributed by atoms with E-state index in [2.05, 4.69) is 5.32 Å². The van der Waals surface area contributed by atoms with Crippen LogP contribution in [0.1, 0.15) is 15.9 Å². The summed E-state index contributed by atoms with van der Waals surface area (Å²) in [4.78, 5) is 12.1. The number of nitrogens with one attached hydrogen (secondary N) is 1. The van der Waals surface area contributed by atoms with Gasteiger partial charge in [0.15, 0.2) is 0 Å². The van der Waals surface area contributed by atoms with Crippen molar-refractivity contribution in [3.05, 3.63) is 53.3 Å². The highest BCUT2D eigenvalue weighted by Crippen LogP contribution is 2.22. The largest absolute Gasteiger partial charge is 0.497 e. The van der Waals surface area contributed by atoms with Gasteiger partial charge in [-0.2, -0.15) is 5.26 Å². The van der Waals surface area contributed by atoms with Crippen LogP contribution >= 0.6 is 0 Å². The van der Waals surface area contributed by atoms with E-state index in [1.165, 1.54) is 31.4 Å². The molecule has 0 saturated heterocycles. The minimum Gasteiger partial charge on any atom is -0.497 e. The number of methoxy groups -OCH3 is 1. The Morgan fingerprint density at radius 3 is 2.67 bits per heavy atom. The van der Waals surface area contributed by atoms with Crippen molar-refractivity contribution in [3.63, 3.8) is 0 Å². The molecule has 0 aliphatic rings. The summed E-state index contributed by atoms with van der Waals surface area (Å²) < 4.78 is 18.7. The standard InChI is InChI=1S/C15H12FN3O2/c1-21-10-3-4-11(13(18)7-10)15(20)19-14-5-2-9(8-17)6-12(14)16/h2-7H,18H2,1H3,(H,19,20). The van der Waals surface area contributed by atoms with Crippen LogP contribution in [0.15, 0.2) is 36.4 Å². The zero-order valence-corrected chi connectivity index (χ0v) is 11.2. The molecular weight excluding hydrogens is 273 g/mol. The molecule has 21 heavy (non-hydrogen) atoms. The third-order valence-corrected chi connectivity index (χ3v) is 2.85. The van der Waals surface area contributed by atoms with Gasteiger partial charge in [-0.15, -0.1) is 0 Å². The van der Waals surface area contributed by atoms with Crippen LogP contribution in [-0.4, -0.2) is 13.0 Å². The van der Waals surface area contributed by atoms with Crippen molar-refractivity contribution in [1.82, 2.24) is 0 Å². The summed E-state index contributed by atoms with van der Waals surface area (Å²) in [6, 6.07) is 10.2. The van der Waals surface area contributed by atoms with Crippen molar-refractivity contribution in [3.8, 4) is 11.8 Å². The topological polar surface area (TPSA) is 88.1 Å². The van der Waals surface area contributed by atoms with Crippen molar-refractivity contribution in [2.45, 2.75) is 0 Å². The van der Waals surface area contributed by atoms with Crippen molar-refractivity contribution < 1.29 is 13.9 Å². The van der Waals surface area contributed by atoms with E-state index in [4.69, 9.17) is 15.7 Å². The van der Waals surface area contributed by atoms with Crippen LogP contribution in [0.2, 0.25) is 0 Å². The maximum atomic E-state index is 13.7. The van der Waals surface area contributed by atoms with Gasteiger partial charge >= 0.3 is 0 Å². The zero-order chi connectivity index (χ0) is 15.4. The third kappa shape index (κ3) is 3.09. The summed E-state index contributed by atoms with van der Waals surface area (Å²) in [5.41, 5.74) is 6.34. The lowest BCUT2D eigenvalue weighted by Gasteiger charge is -2.09. The van der Waals surface area contributed by atoms with Crippen LogP contribution < -0.4 is 15.8 Å². The number of anilines is 2. The highest BCUT2D eigenvalue weighted by atomic mass is 19.1. The van der Waals surface area contributed by atoms with Crippen molar-refractivity contribution in [2.24, 2.45) is 0 Å². The number of rotatable bonds is 3. The molecule has 0 heterocycles. The Morgan fingerprint density at radius 1 is 1.33 bits per heavy atom. The molecule has 0 spiro atoms. The molecule has 0 radical (unpaired) electrons. The van der Waals surface area contributed by atoms with E-state index in [9.17, 15) is 9.18 Å². The number of ether oxygens (including phenoxy) is 1. The number of carbonyl (C=O) groups excluding carboxylic acids is 1. The molecule has 0 aliphatic heterocycles. The molecule has 0 unspecified atom stereocenters. The van der Waals surface area contributed by atoms with Crippen LogP contribution in [0.25, 0.3) is 0 Å². The molecule has 0 atom stereocenters. The quantitative estimate of drug-likeness (QED) is 0.848. The Morgan fingerprint density at radius 2 is 2.10 bits per heavy atom. The van der Waals surface area contributed by atoms with Crippen LogP contribution in [0.5, 0.6) is 5.75 Å². The normalized spacial score (nSPS) is 9.76. The lowest BCUT2D eigenvalue weighted by molar-refractivity contribution is 0.102. The van der Waals surface area contributed by atoms with E-state index in [1.54, 1.807) is 6.07 Å². The Balaban J connectivity index is 2.24. The van der Waals surface area contributed by atoms with Crippen LogP contribution in [0.3, 0.4) is 0 Å². The molecule has 6 heteroatoms. The second-order valence-electron chi connectivity index (χ2n) is 4.21. The van der Waals surface area contributed by atoms with E-state index in [0.717, 1.165) is 6.07 Å². The number of hydrogen-bond acceptors (Lipinski definition) is 4. The molecule has 1 amide bonds. The van der Waals surface area contributed by atoms with Gasteiger partial charge < -0.3 is 15.8 Å². The maximum Gasteiger partial charge on any atom is 0.257 e. The van der Waals surface area contributed by atoms with Gasteiger partial charge in [-0.3, -0.25) is 4.79 Å². The average molecular weight is 285 g/mol. The SMILES string of the molecule is COc1ccc(C(=O)Nc2ccc(C#N)cc2F)c(N)c1. The molecule has 3 N–H and O–H groups in total. The van der Waals surface area contributed by atoms with E-state index < -0.39 is 11.7 Å². The van der Waals surface area contributed by atoms with Crippen molar-refractivity contribution in [1.29, 1.82) is 5.26 Å². The molecule has 0 aliphatic carbocycles. The highest BCUT2D eigenvalue weighted by molar-refractivity contribution is 6.07. The minimum absolute atomic E-state index is 0.0192. The van der Waals surface area contributed by atoms with Crippen molar-refractivity contribution in [2.75, 3.05) is 18.2 Å². The second-order valence-corrected chi connectivity index (χ2v) is 4.21. The number of amides is 1. The van der Waals surface area contributed by atoms with E-state index in [1.807, 2.05) is 6.07 Å². The molecule has 106 valence electrons. The van der Waals surface area contributed by atoms with Gasteiger partial charge in [-0.25, -0.2) is 4.39 Å². The summed E-state index contributed by atoms with van der Waals surface area (Å²) in [5, 5.41) is 11.1. The number of halogens is 1. The van der Waals surface area contributed by atoms with Gasteiger partial charge in [0.25, 0.3) is 5.91 Å². The summed E-state index contributed by atoms with van der Waals surface area (Å²) >= 11 is 0. The van der Waals surface area contributed by atoms with Gasteiger partial charge in [-0.1, -0.05) is 0 Å². The first kappa shape index (κ1) is 14.3. The number of benzene rings is 2. The summed E-state index contributed by atoms with van der Waals surface area (Å²) in [5.74, 6) is -0.707. The van der Waals surface area contributed by atoms with Gasteiger partial charge in [0.2, 0.25) is 0 Å². The zero-order valence-electron chi connectivity index (χ0n) is 11.2. The number of nitrogens with two attached hydrogens (primary N) is 1. The molecule has 0 bridgehead atoms. The number of carbonyl (C=O) groups is 1. The minimum atomic E-state index is -0.686. The fraction of sp³-hybridized carbons (Fsp3) is 0.0667. The average Bonchev–Trinajstić information content (AvgIpc) is 2.48. The van der Waals surface area contributed by atoms with E-state index in [-0.39, 0.29) is 22.5 Å². The first-order chi connectivity index (χ1) is 10.0. The maximum absolute atomic E-state index is 13.7. The number of nitrogen functional groups attached to an aromatic ring is 1. The third-order valence-electron chi connectivity index (χ3n) is 2.85. The van der Waals surface area contributed by atoms with E-state index >= 15 is 0 Å². The smallest absolute Gasteiger partial charge is 0.257 e. The molecule has 0 aromatic heterocycles. The fourth-order valence-corrected chi connectivity index (χ4v) is 1.75. The van der Waals surface area contributed by atoms with Gasteiger partial charge in [0.05, 0.1) is 30.0 Å². The number of nitriles is 1.